The van der Waals surface area contributed by atoms with E-state index >= 15 is 0 Å². The van der Waals surface area contributed by atoms with Gasteiger partial charge in [0.05, 0.1) is 12.0 Å². The van der Waals surface area contributed by atoms with E-state index in [0.29, 0.717) is 16.3 Å². The van der Waals surface area contributed by atoms with Gasteiger partial charge in [0, 0.05) is 17.8 Å². The van der Waals surface area contributed by atoms with Crippen molar-refractivity contribution in [3.8, 4) is 0 Å². The first kappa shape index (κ1) is 13.2. The highest BCUT2D eigenvalue weighted by atomic mass is 35.5. The third kappa shape index (κ3) is 2.30. The molecular formula is C9H13ClN2O3S. The van der Waals surface area contributed by atoms with E-state index < -0.39 is 10.0 Å². The van der Waals surface area contributed by atoms with Crippen molar-refractivity contribution in [1.29, 1.82) is 0 Å². The van der Waals surface area contributed by atoms with Crippen molar-refractivity contribution >= 4 is 27.3 Å². The highest BCUT2D eigenvalue weighted by molar-refractivity contribution is 7.89. The molecule has 0 saturated carbocycles. The number of nitrogen functional groups attached to an aromatic ring is 1. The molecule has 0 aromatic heterocycles. The number of benzene rings is 1. The van der Waals surface area contributed by atoms with Crippen LogP contribution in [0.25, 0.3) is 0 Å². The van der Waals surface area contributed by atoms with Crippen LogP contribution in [0.2, 0.25) is 5.02 Å². The van der Waals surface area contributed by atoms with Crippen LogP contribution in [-0.4, -0.2) is 27.0 Å². The van der Waals surface area contributed by atoms with E-state index in [1.165, 1.54) is 26.3 Å². The second-order valence-corrected chi connectivity index (χ2v) is 5.56. The number of nitrogens with zero attached hydrogens (tertiary/aromatic N) is 1. The third-order valence-corrected chi connectivity index (χ3v) is 4.30. The van der Waals surface area contributed by atoms with Gasteiger partial charge >= 0.3 is 0 Å². The predicted molar refractivity (Wildman–Crippen MR) is 62.6 cm³/mol. The molecule has 0 bridgehead atoms. The normalized spacial score (nSPS) is 12.1. The van der Waals surface area contributed by atoms with Crippen LogP contribution in [0.3, 0.4) is 0 Å². The summed E-state index contributed by atoms with van der Waals surface area (Å²) in [6, 6.07) is 2.70. The maximum atomic E-state index is 11.9. The molecule has 0 saturated heterocycles. The zero-order chi connectivity index (χ0) is 12.5. The molecule has 0 fully saturated rings. The van der Waals surface area contributed by atoms with Gasteiger partial charge in [-0.3, -0.25) is 4.84 Å². The Morgan fingerprint density at radius 1 is 1.44 bits per heavy atom. The Bertz CT molecular complexity index is 478. The van der Waals surface area contributed by atoms with Crippen LogP contribution in [0.15, 0.2) is 17.0 Å². The van der Waals surface area contributed by atoms with Crippen LogP contribution in [0.5, 0.6) is 0 Å². The monoisotopic (exact) mass is 264 g/mol. The summed E-state index contributed by atoms with van der Waals surface area (Å²) in [5.74, 6) is 0. The standard InChI is InChI=1S/C9H13ClN2O3S/c1-6-8(10)4-7(5-9(6)11)16(13,14)12(2)15-3/h4-5H,11H2,1-3H3. The number of rotatable bonds is 3. The molecule has 0 radical (unpaired) electrons. The minimum Gasteiger partial charge on any atom is -0.398 e. The average Bonchev–Trinajstić information content (AvgIpc) is 2.23. The van der Waals surface area contributed by atoms with Crippen molar-refractivity contribution < 1.29 is 13.3 Å². The third-order valence-electron chi connectivity index (χ3n) is 2.25. The van der Waals surface area contributed by atoms with Crippen LogP contribution >= 0.6 is 11.6 Å². The zero-order valence-corrected chi connectivity index (χ0v) is 10.8. The Morgan fingerprint density at radius 2 is 2.00 bits per heavy atom. The lowest BCUT2D eigenvalue weighted by Crippen LogP contribution is -2.25. The second-order valence-electron chi connectivity index (χ2n) is 3.22. The Hall–Kier alpha value is -0.820. The maximum Gasteiger partial charge on any atom is 0.264 e. The fraction of sp³-hybridized carbons (Fsp3) is 0.333. The number of hydroxylamine groups is 1. The van der Waals surface area contributed by atoms with E-state index in [1.54, 1.807) is 6.92 Å². The van der Waals surface area contributed by atoms with Gasteiger partial charge < -0.3 is 5.73 Å². The van der Waals surface area contributed by atoms with E-state index in [2.05, 4.69) is 4.84 Å². The number of hydrogen-bond acceptors (Lipinski definition) is 4. The first-order chi connectivity index (χ1) is 7.30. The highest BCUT2D eigenvalue weighted by Crippen LogP contribution is 2.27. The van der Waals surface area contributed by atoms with Crippen molar-refractivity contribution in [3.63, 3.8) is 0 Å². The SMILES string of the molecule is CON(C)S(=O)(=O)c1cc(N)c(C)c(Cl)c1. The summed E-state index contributed by atoms with van der Waals surface area (Å²) in [4.78, 5) is 4.65. The average molecular weight is 265 g/mol. The summed E-state index contributed by atoms with van der Waals surface area (Å²) in [7, 11) is -1.15. The van der Waals surface area contributed by atoms with Gasteiger partial charge in [0.25, 0.3) is 10.0 Å². The van der Waals surface area contributed by atoms with Gasteiger partial charge in [-0.2, -0.15) is 0 Å². The molecule has 0 aliphatic carbocycles. The smallest absolute Gasteiger partial charge is 0.264 e. The number of hydrogen-bond donors (Lipinski definition) is 1. The van der Waals surface area contributed by atoms with Crippen LogP contribution in [0.4, 0.5) is 5.69 Å². The molecule has 1 aromatic rings. The largest absolute Gasteiger partial charge is 0.398 e. The molecule has 1 aromatic carbocycles. The van der Waals surface area contributed by atoms with Crippen molar-refractivity contribution in [3.05, 3.63) is 22.7 Å². The molecule has 1 rings (SSSR count). The van der Waals surface area contributed by atoms with Crippen molar-refractivity contribution in [2.45, 2.75) is 11.8 Å². The molecule has 0 aliphatic rings. The van der Waals surface area contributed by atoms with Gasteiger partial charge in [0.1, 0.15) is 0 Å². The van der Waals surface area contributed by atoms with E-state index in [0.717, 1.165) is 4.47 Å². The minimum absolute atomic E-state index is 0.00458. The Morgan fingerprint density at radius 3 is 2.44 bits per heavy atom. The molecule has 0 spiro atoms. The summed E-state index contributed by atoms with van der Waals surface area (Å²) in [5, 5.41) is 0.308. The molecule has 0 unspecified atom stereocenters. The quantitative estimate of drug-likeness (QED) is 0.662. The first-order valence-electron chi connectivity index (χ1n) is 4.39. The molecule has 0 heterocycles. The Balaban J connectivity index is 3.36. The summed E-state index contributed by atoms with van der Waals surface area (Å²) in [6.45, 7) is 1.72. The fourth-order valence-electron chi connectivity index (χ4n) is 1.07. The lowest BCUT2D eigenvalue weighted by molar-refractivity contribution is -0.0258. The second kappa shape index (κ2) is 4.58. The van der Waals surface area contributed by atoms with Gasteiger partial charge in [-0.25, -0.2) is 8.42 Å². The molecule has 2 N–H and O–H groups in total. The lowest BCUT2D eigenvalue weighted by atomic mass is 10.2. The van der Waals surface area contributed by atoms with Crippen LogP contribution < -0.4 is 5.73 Å². The van der Waals surface area contributed by atoms with E-state index in [-0.39, 0.29) is 4.90 Å². The molecule has 16 heavy (non-hydrogen) atoms. The minimum atomic E-state index is -3.70. The fourth-order valence-corrected chi connectivity index (χ4v) is 2.40. The zero-order valence-electron chi connectivity index (χ0n) is 9.19. The number of sulfonamides is 1. The van der Waals surface area contributed by atoms with Crippen molar-refractivity contribution in [2.75, 3.05) is 19.9 Å². The number of anilines is 1. The molecular weight excluding hydrogens is 252 g/mol. The summed E-state index contributed by atoms with van der Waals surface area (Å²) in [5.41, 5.74) is 6.63. The Kier molecular flexibility index (Phi) is 3.80. The van der Waals surface area contributed by atoms with Gasteiger partial charge in [-0.1, -0.05) is 16.1 Å². The molecule has 0 atom stereocenters. The van der Waals surface area contributed by atoms with Crippen LogP contribution in [-0.2, 0) is 14.9 Å². The Labute approximate surface area is 99.8 Å². The molecule has 90 valence electrons. The van der Waals surface area contributed by atoms with Gasteiger partial charge in [-0.05, 0) is 24.6 Å². The summed E-state index contributed by atoms with van der Waals surface area (Å²) in [6.07, 6.45) is 0. The highest BCUT2D eigenvalue weighted by Gasteiger charge is 2.22. The maximum absolute atomic E-state index is 11.9. The van der Waals surface area contributed by atoms with E-state index in [4.69, 9.17) is 17.3 Å². The first-order valence-corrected chi connectivity index (χ1v) is 6.21. The van der Waals surface area contributed by atoms with Gasteiger partial charge in [-0.15, -0.1) is 0 Å². The predicted octanol–water partition coefficient (Wildman–Crippen LogP) is 1.41. The van der Waals surface area contributed by atoms with Crippen molar-refractivity contribution in [1.82, 2.24) is 4.47 Å². The molecule has 7 heteroatoms. The number of halogens is 1. The summed E-state index contributed by atoms with van der Waals surface area (Å²) >= 11 is 5.87. The van der Waals surface area contributed by atoms with Gasteiger partial charge in [0.15, 0.2) is 0 Å². The lowest BCUT2D eigenvalue weighted by Gasteiger charge is -2.15. The number of nitrogens with two attached hydrogens (primary N) is 1. The van der Waals surface area contributed by atoms with E-state index in [1.807, 2.05) is 0 Å². The van der Waals surface area contributed by atoms with Crippen molar-refractivity contribution in [2.24, 2.45) is 0 Å². The molecule has 0 amide bonds. The van der Waals surface area contributed by atoms with Crippen LogP contribution in [0, 0.1) is 6.92 Å². The van der Waals surface area contributed by atoms with E-state index in [9.17, 15) is 8.42 Å². The summed E-state index contributed by atoms with van der Waals surface area (Å²) < 4.78 is 24.5. The van der Waals surface area contributed by atoms with Crippen LogP contribution in [0.1, 0.15) is 5.56 Å². The molecule has 5 nitrogen and oxygen atoms in total. The molecule has 0 aliphatic heterocycles. The van der Waals surface area contributed by atoms with Gasteiger partial charge in [0.2, 0.25) is 0 Å². The topological polar surface area (TPSA) is 72.6 Å².